The fourth-order valence-corrected chi connectivity index (χ4v) is 2.56. The highest BCUT2D eigenvalue weighted by atomic mass is 16.5. The van der Waals surface area contributed by atoms with E-state index in [0.717, 1.165) is 36.6 Å². The third-order valence-corrected chi connectivity index (χ3v) is 3.78. The SMILES string of the molecule is O=C(NCc1cccc(Oc2ccccc2)c1)C1CCNC1. The molecule has 114 valence electrons. The van der Waals surface area contributed by atoms with Crippen LogP contribution in [0.25, 0.3) is 0 Å². The molecule has 0 radical (unpaired) electrons. The first kappa shape index (κ1) is 14.6. The molecule has 22 heavy (non-hydrogen) atoms. The van der Waals surface area contributed by atoms with Gasteiger partial charge in [0.05, 0.1) is 5.92 Å². The standard InChI is InChI=1S/C18H20N2O2/c21-18(15-9-10-19-13-15)20-12-14-5-4-8-17(11-14)22-16-6-2-1-3-7-16/h1-8,11,15,19H,9-10,12-13H2,(H,20,21). The Labute approximate surface area is 130 Å². The average molecular weight is 296 g/mol. The summed E-state index contributed by atoms with van der Waals surface area (Å²) in [5.41, 5.74) is 1.03. The van der Waals surface area contributed by atoms with E-state index in [1.54, 1.807) is 0 Å². The zero-order valence-corrected chi connectivity index (χ0v) is 12.4. The van der Waals surface area contributed by atoms with Gasteiger partial charge in [-0.15, -0.1) is 0 Å². The number of hydrogen-bond donors (Lipinski definition) is 2. The van der Waals surface area contributed by atoms with Crippen molar-refractivity contribution in [2.45, 2.75) is 13.0 Å². The van der Waals surface area contributed by atoms with Gasteiger partial charge in [0, 0.05) is 13.1 Å². The summed E-state index contributed by atoms with van der Waals surface area (Å²) in [5, 5.41) is 6.20. The van der Waals surface area contributed by atoms with E-state index in [9.17, 15) is 4.79 Å². The maximum Gasteiger partial charge on any atom is 0.224 e. The molecule has 4 nitrogen and oxygen atoms in total. The molecule has 1 unspecified atom stereocenters. The van der Waals surface area contributed by atoms with Crippen LogP contribution in [-0.4, -0.2) is 19.0 Å². The number of nitrogens with one attached hydrogen (secondary N) is 2. The Balaban J connectivity index is 1.58. The van der Waals surface area contributed by atoms with Crippen molar-refractivity contribution in [3.8, 4) is 11.5 Å². The normalized spacial score (nSPS) is 17.2. The molecule has 1 aliphatic rings. The molecule has 0 bridgehead atoms. The van der Waals surface area contributed by atoms with Crippen LogP contribution in [0.5, 0.6) is 11.5 Å². The summed E-state index contributed by atoms with van der Waals surface area (Å²) in [6.07, 6.45) is 0.920. The van der Waals surface area contributed by atoms with Crippen LogP contribution in [-0.2, 0) is 11.3 Å². The molecule has 1 fully saturated rings. The average Bonchev–Trinajstić information content (AvgIpc) is 3.08. The molecule has 0 aromatic heterocycles. The topological polar surface area (TPSA) is 50.4 Å². The minimum absolute atomic E-state index is 0.101. The summed E-state index contributed by atoms with van der Waals surface area (Å²) in [6, 6.07) is 17.5. The molecule has 1 saturated heterocycles. The number of amides is 1. The van der Waals surface area contributed by atoms with Gasteiger partial charge in [-0.25, -0.2) is 0 Å². The van der Waals surface area contributed by atoms with Crippen molar-refractivity contribution in [3.63, 3.8) is 0 Å². The Morgan fingerprint density at radius 3 is 2.73 bits per heavy atom. The summed E-state index contributed by atoms with van der Waals surface area (Å²) < 4.78 is 5.80. The minimum atomic E-state index is 0.101. The molecule has 2 N–H and O–H groups in total. The lowest BCUT2D eigenvalue weighted by atomic mass is 10.1. The Bertz CT molecular complexity index is 622. The van der Waals surface area contributed by atoms with Gasteiger partial charge in [-0.3, -0.25) is 4.79 Å². The molecule has 4 heteroatoms. The highest BCUT2D eigenvalue weighted by molar-refractivity contribution is 5.79. The summed E-state index contributed by atoms with van der Waals surface area (Å²) >= 11 is 0. The number of benzene rings is 2. The number of carbonyl (C=O) groups is 1. The van der Waals surface area contributed by atoms with Crippen molar-refractivity contribution in [2.75, 3.05) is 13.1 Å². The largest absolute Gasteiger partial charge is 0.457 e. The lowest BCUT2D eigenvalue weighted by Gasteiger charge is -2.11. The molecule has 1 amide bonds. The van der Waals surface area contributed by atoms with Gasteiger partial charge in [-0.2, -0.15) is 0 Å². The van der Waals surface area contributed by atoms with Gasteiger partial charge in [0.2, 0.25) is 5.91 Å². The predicted octanol–water partition coefficient (Wildman–Crippen LogP) is 2.70. The van der Waals surface area contributed by atoms with Gasteiger partial charge in [0.15, 0.2) is 0 Å². The highest BCUT2D eigenvalue weighted by Crippen LogP contribution is 2.21. The first-order valence-electron chi connectivity index (χ1n) is 7.61. The van der Waals surface area contributed by atoms with Gasteiger partial charge in [0.25, 0.3) is 0 Å². The molecule has 1 atom stereocenters. The fraction of sp³-hybridized carbons (Fsp3) is 0.278. The summed E-state index contributed by atoms with van der Waals surface area (Å²) in [6.45, 7) is 2.24. The molecule has 0 saturated carbocycles. The Kier molecular flexibility index (Phi) is 4.71. The number of hydrogen-bond acceptors (Lipinski definition) is 3. The van der Waals surface area contributed by atoms with E-state index in [0.29, 0.717) is 6.54 Å². The molecule has 3 rings (SSSR count). The number of ether oxygens (including phenoxy) is 1. The van der Waals surface area contributed by atoms with Gasteiger partial charge >= 0.3 is 0 Å². The van der Waals surface area contributed by atoms with Gasteiger partial charge in [0.1, 0.15) is 11.5 Å². The third kappa shape index (κ3) is 3.86. The second kappa shape index (κ2) is 7.09. The van der Waals surface area contributed by atoms with Crippen molar-refractivity contribution in [3.05, 3.63) is 60.2 Å². The summed E-state index contributed by atoms with van der Waals surface area (Å²) in [5.74, 6) is 1.81. The van der Waals surface area contributed by atoms with Gasteiger partial charge in [-0.1, -0.05) is 30.3 Å². The van der Waals surface area contributed by atoms with Crippen LogP contribution in [0.4, 0.5) is 0 Å². The van der Waals surface area contributed by atoms with E-state index in [1.807, 2.05) is 54.6 Å². The third-order valence-electron chi connectivity index (χ3n) is 3.78. The first-order chi connectivity index (χ1) is 10.8. The molecular weight excluding hydrogens is 276 g/mol. The van der Waals surface area contributed by atoms with Crippen LogP contribution in [0.3, 0.4) is 0 Å². The van der Waals surface area contributed by atoms with E-state index in [1.165, 1.54) is 0 Å². The van der Waals surface area contributed by atoms with Crippen molar-refractivity contribution < 1.29 is 9.53 Å². The van der Waals surface area contributed by atoms with E-state index < -0.39 is 0 Å². The van der Waals surface area contributed by atoms with Crippen LogP contribution in [0.2, 0.25) is 0 Å². The Hall–Kier alpha value is -2.33. The molecule has 1 heterocycles. The fourth-order valence-electron chi connectivity index (χ4n) is 2.56. The smallest absolute Gasteiger partial charge is 0.224 e. The maximum absolute atomic E-state index is 12.0. The lowest BCUT2D eigenvalue weighted by molar-refractivity contribution is -0.124. The van der Waals surface area contributed by atoms with Crippen molar-refractivity contribution in [2.24, 2.45) is 5.92 Å². The Morgan fingerprint density at radius 1 is 1.14 bits per heavy atom. The van der Waals surface area contributed by atoms with E-state index >= 15 is 0 Å². The van der Waals surface area contributed by atoms with E-state index in [-0.39, 0.29) is 11.8 Å². The second-order valence-corrected chi connectivity index (χ2v) is 5.47. The number of rotatable bonds is 5. The summed E-state index contributed by atoms with van der Waals surface area (Å²) in [7, 11) is 0. The molecule has 0 spiro atoms. The monoisotopic (exact) mass is 296 g/mol. The maximum atomic E-state index is 12.0. The van der Waals surface area contributed by atoms with Crippen LogP contribution in [0.1, 0.15) is 12.0 Å². The van der Waals surface area contributed by atoms with Crippen LogP contribution < -0.4 is 15.4 Å². The predicted molar refractivity (Wildman–Crippen MR) is 85.8 cm³/mol. The molecule has 2 aromatic rings. The number of para-hydroxylation sites is 1. The van der Waals surface area contributed by atoms with Crippen molar-refractivity contribution in [1.29, 1.82) is 0 Å². The lowest BCUT2D eigenvalue weighted by Crippen LogP contribution is -2.31. The van der Waals surface area contributed by atoms with Gasteiger partial charge < -0.3 is 15.4 Å². The van der Waals surface area contributed by atoms with Gasteiger partial charge in [-0.05, 0) is 42.8 Å². The quantitative estimate of drug-likeness (QED) is 0.892. The van der Waals surface area contributed by atoms with Crippen LogP contribution >= 0.6 is 0 Å². The zero-order valence-electron chi connectivity index (χ0n) is 12.4. The zero-order chi connectivity index (χ0) is 15.2. The van der Waals surface area contributed by atoms with Crippen molar-refractivity contribution >= 4 is 5.91 Å². The van der Waals surface area contributed by atoms with E-state index in [2.05, 4.69) is 10.6 Å². The molecule has 1 aliphatic heterocycles. The first-order valence-corrected chi connectivity index (χ1v) is 7.61. The van der Waals surface area contributed by atoms with Crippen LogP contribution in [0.15, 0.2) is 54.6 Å². The molecule has 0 aliphatic carbocycles. The highest BCUT2D eigenvalue weighted by Gasteiger charge is 2.21. The van der Waals surface area contributed by atoms with Crippen molar-refractivity contribution in [1.82, 2.24) is 10.6 Å². The van der Waals surface area contributed by atoms with E-state index in [4.69, 9.17) is 4.74 Å². The summed E-state index contributed by atoms with van der Waals surface area (Å²) in [4.78, 5) is 12.0. The molecule has 2 aromatic carbocycles. The molecular formula is C18H20N2O2. The second-order valence-electron chi connectivity index (χ2n) is 5.47. The minimum Gasteiger partial charge on any atom is -0.457 e. The number of carbonyl (C=O) groups excluding carboxylic acids is 1. The Morgan fingerprint density at radius 2 is 1.95 bits per heavy atom. The van der Waals surface area contributed by atoms with Crippen LogP contribution in [0, 0.1) is 5.92 Å².